The Labute approximate surface area is 200 Å². The van der Waals surface area contributed by atoms with Gasteiger partial charge in [0.2, 0.25) is 10.0 Å². The topological polar surface area (TPSA) is 93.2 Å². The van der Waals surface area contributed by atoms with E-state index in [4.69, 9.17) is 9.47 Å². The van der Waals surface area contributed by atoms with Crippen molar-refractivity contribution in [3.63, 3.8) is 0 Å². The fourth-order valence-corrected chi connectivity index (χ4v) is 6.28. The van der Waals surface area contributed by atoms with Gasteiger partial charge >= 0.3 is 5.97 Å². The fraction of sp³-hybridized carbons (Fsp3) is 0.440. The molecule has 4 rings (SSSR count). The van der Waals surface area contributed by atoms with E-state index in [9.17, 15) is 18.0 Å². The second kappa shape index (κ2) is 9.85. The molecule has 182 valence electrons. The first-order valence-electron chi connectivity index (χ1n) is 11.4. The van der Waals surface area contributed by atoms with Gasteiger partial charge in [0.05, 0.1) is 18.1 Å². The number of ether oxygens (including phenoxy) is 2. The highest BCUT2D eigenvalue weighted by molar-refractivity contribution is 7.89. The highest BCUT2D eigenvalue weighted by Crippen LogP contribution is 2.31. The van der Waals surface area contributed by atoms with Crippen molar-refractivity contribution in [2.24, 2.45) is 0 Å². The van der Waals surface area contributed by atoms with Crippen LogP contribution in [-0.4, -0.2) is 67.9 Å². The number of rotatable bonds is 5. The predicted molar refractivity (Wildman–Crippen MR) is 126 cm³/mol. The van der Waals surface area contributed by atoms with Crippen LogP contribution in [-0.2, 0) is 42.1 Å². The van der Waals surface area contributed by atoms with Gasteiger partial charge in [0, 0.05) is 26.1 Å². The van der Waals surface area contributed by atoms with Crippen LogP contribution in [0.15, 0.2) is 47.4 Å². The third-order valence-corrected chi connectivity index (χ3v) is 8.37. The van der Waals surface area contributed by atoms with Gasteiger partial charge in [-0.15, -0.1) is 0 Å². The van der Waals surface area contributed by atoms with Gasteiger partial charge in [-0.25, -0.2) is 8.42 Å². The quantitative estimate of drug-likeness (QED) is 0.602. The average molecular weight is 487 g/mol. The molecule has 0 spiro atoms. The number of sulfonamides is 1. The van der Waals surface area contributed by atoms with Crippen molar-refractivity contribution in [1.82, 2.24) is 9.21 Å². The van der Waals surface area contributed by atoms with E-state index in [0.29, 0.717) is 31.9 Å². The summed E-state index contributed by atoms with van der Waals surface area (Å²) in [6.45, 7) is 6.89. The summed E-state index contributed by atoms with van der Waals surface area (Å²) in [6, 6.07) is 11.6. The molecule has 1 saturated heterocycles. The molecule has 0 bridgehead atoms. The van der Waals surface area contributed by atoms with Crippen molar-refractivity contribution < 1.29 is 27.5 Å². The van der Waals surface area contributed by atoms with Crippen molar-refractivity contribution in [3.05, 3.63) is 64.7 Å². The van der Waals surface area contributed by atoms with E-state index in [0.717, 1.165) is 16.7 Å². The Morgan fingerprint density at radius 1 is 1.06 bits per heavy atom. The van der Waals surface area contributed by atoms with Crippen LogP contribution in [0.4, 0.5) is 0 Å². The Morgan fingerprint density at radius 3 is 2.44 bits per heavy atom. The molecule has 0 aromatic heterocycles. The number of fused-ring (bicyclic) bond motifs is 1. The summed E-state index contributed by atoms with van der Waals surface area (Å²) in [5.41, 5.74) is 3.15. The fourth-order valence-electron chi connectivity index (χ4n) is 4.41. The highest BCUT2D eigenvalue weighted by atomic mass is 32.2. The molecule has 2 atom stereocenters. The van der Waals surface area contributed by atoms with Gasteiger partial charge in [-0.3, -0.25) is 9.59 Å². The minimum absolute atomic E-state index is 0.0530. The summed E-state index contributed by atoms with van der Waals surface area (Å²) >= 11 is 0. The number of morpholine rings is 1. The van der Waals surface area contributed by atoms with Crippen molar-refractivity contribution >= 4 is 21.9 Å². The highest BCUT2D eigenvalue weighted by Gasteiger charge is 2.42. The SMILES string of the molecule is Cc1ccc(C)c(S(=O)(=O)N2Cc3ccccc3CC2C(=O)OC(C)C(=O)N2CCOCC2)c1. The summed E-state index contributed by atoms with van der Waals surface area (Å²) in [5, 5.41) is 0. The minimum atomic E-state index is -4.01. The number of esters is 1. The lowest BCUT2D eigenvalue weighted by Gasteiger charge is -2.35. The molecular formula is C25H30N2O6S. The normalized spacial score (nSPS) is 19.9. The van der Waals surface area contributed by atoms with Crippen LogP contribution in [0, 0.1) is 13.8 Å². The Morgan fingerprint density at radius 2 is 1.74 bits per heavy atom. The first-order valence-corrected chi connectivity index (χ1v) is 12.9. The van der Waals surface area contributed by atoms with Crippen LogP contribution in [0.3, 0.4) is 0 Å². The second-order valence-corrected chi connectivity index (χ2v) is 10.7. The Balaban J connectivity index is 1.63. The van der Waals surface area contributed by atoms with Gasteiger partial charge in [0.1, 0.15) is 6.04 Å². The first kappa shape index (κ1) is 24.4. The Bertz CT molecular complexity index is 1190. The van der Waals surface area contributed by atoms with E-state index in [2.05, 4.69) is 0 Å². The lowest BCUT2D eigenvalue weighted by Crippen LogP contribution is -2.51. The minimum Gasteiger partial charge on any atom is -0.451 e. The van der Waals surface area contributed by atoms with Crippen LogP contribution in [0.25, 0.3) is 0 Å². The number of hydrogen-bond donors (Lipinski definition) is 0. The van der Waals surface area contributed by atoms with E-state index in [1.807, 2.05) is 37.3 Å². The lowest BCUT2D eigenvalue weighted by molar-refractivity contribution is -0.164. The molecule has 2 aromatic carbocycles. The largest absolute Gasteiger partial charge is 0.451 e. The maximum absolute atomic E-state index is 13.8. The van der Waals surface area contributed by atoms with Crippen LogP contribution < -0.4 is 0 Å². The lowest BCUT2D eigenvalue weighted by atomic mass is 9.96. The van der Waals surface area contributed by atoms with Crippen molar-refractivity contribution in [2.75, 3.05) is 26.3 Å². The summed E-state index contributed by atoms with van der Waals surface area (Å²) < 4.78 is 39.6. The van der Waals surface area contributed by atoms with E-state index in [-0.39, 0.29) is 23.8 Å². The van der Waals surface area contributed by atoms with Crippen molar-refractivity contribution in [1.29, 1.82) is 0 Å². The van der Waals surface area contributed by atoms with Crippen molar-refractivity contribution in [2.45, 2.75) is 50.8 Å². The van der Waals surface area contributed by atoms with Gasteiger partial charge in [-0.1, -0.05) is 36.4 Å². The molecule has 2 aromatic rings. The zero-order valence-corrected chi connectivity index (χ0v) is 20.5. The van der Waals surface area contributed by atoms with Crippen molar-refractivity contribution in [3.8, 4) is 0 Å². The zero-order chi connectivity index (χ0) is 24.5. The molecule has 0 saturated carbocycles. The molecule has 2 aliphatic heterocycles. The number of aryl methyl sites for hydroxylation is 2. The predicted octanol–water partition coefficient (Wildman–Crippen LogP) is 2.21. The van der Waals surface area contributed by atoms with Gasteiger partial charge in [-0.05, 0) is 49.1 Å². The molecule has 1 fully saturated rings. The number of benzene rings is 2. The van der Waals surface area contributed by atoms with Gasteiger partial charge in [0.25, 0.3) is 5.91 Å². The second-order valence-electron chi connectivity index (χ2n) is 8.82. The molecule has 9 heteroatoms. The Kier molecular flexibility index (Phi) is 7.06. The number of carbonyl (C=O) groups is 2. The van der Waals surface area contributed by atoms with E-state index in [1.165, 1.54) is 11.2 Å². The third kappa shape index (κ3) is 4.87. The molecule has 34 heavy (non-hydrogen) atoms. The van der Waals surface area contributed by atoms with E-state index in [1.54, 1.807) is 24.0 Å². The molecule has 2 unspecified atom stereocenters. The van der Waals surface area contributed by atoms with Crippen LogP contribution >= 0.6 is 0 Å². The third-order valence-electron chi connectivity index (χ3n) is 6.37. The summed E-state index contributed by atoms with van der Waals surface area (Å²) in [6.07, 6.45) is -0.842. The van der Waals surface area contributed by atoms with Crippen LogP contribution in [0.5, 0.6) is 0 Å². The summed E-state index contributed by atoms with van der Waals surface area (Å²) in [5.74, 6) is -1.03. The standard InChI is InChI=1S/C25H30N2O6S/c1-17-8-9-18(2)23(14-17)34(30,31)27-16-21-7-5-4-6-20(21)15-22(27)25(29)33-19(3)24(28)26-10-12-32-13-11-26/h4-9,14,19,22H,10-13,15-16H2,1-3H3. The molecule has 2 heterocycles. The maximum Gasteiger partial charge on any atom is 0.325 e. The average Bonchev–Trinajstić information content (AvgIpc) is 2.84. The monoisotopic (exact) mass is 486 g/mol. The summed E-state index contributed by atoms with van der Waals surface area (Å²) in [7, 11) is -4.01. The zero-order valence-electron chi connectivity index (χ0n) is 19.7. The van der Waals surface area contributed by atoms with Gasteiger partial charge in [0.15, 0.2) is 6.10 Å². The number of carbonyl (C=O) groups excluding carboxylic acids is 2. The number of hydrogen-bond acceptors (Lipinski definition) is 6. The maximum atomic E-state index is 13.8. The van der Waals surface area contributed by atoms with E-state index >= 15 is 0 Å². The Hall–Kier alpha value is -2.75. The smallest absolute Gasteiger partial charge is 0.325 e. The number of nitrogens with zero attached hydrogens (tertiary/aromatic N) is 2. The van der Waals surface area contributed by atoms with Crippen LogP contribution in [0.1, 0.15) is 29.2 Å². The molecule has 0 aliphatic carbocycles. The molecule has 2 aliphatic rings. The van der Waals surface area contributed by atoms with Crippen LogP contribution in [0.2, 0.25) is 0 Å². The van der Waals surface area contributed by atoms with Gasteiger partial charge in [-0.2, -0.15) is 4.31 Å². The molecule has 0 N–H and O–H groups in total. The molecule has 1 amide bonds. The molecule has 0 radical (unpaired) electrons. The summed E-state index contributed by atoms with van der Waals surface area (Å²) in [4.78, 5) is 27.8. The first-order chi connectivity index (χ1) is 16.2. The molecule has 8 nitrogen and oxygen atoms in total. The van der Waals surface area contributed by atoms with E-state index < -0.39 is 28.1 Å². The number of amides is 1. The van der Waals surface area contributed by atoms with Gasteiger partial charge < -0.3 is 14.4 Å². The molecular weight excluding hydrogens is 456 g/mol.